The molecule has 0 amide bonds. The number of halogens is 1. The summed E-state index contributed by atoms with van der Waals surface area (Å²) < 4.78 is 3.36. The highest BCUT2D eigenvalue weighted by molar-refractivity contribution is 9.10. The molecule has 0 spiro atoms. The normalized spacial score (nSPS) is 12.5. The molecule has 3 rings (SSSR count). The first-order valence-corrected chi connectivity index (χ1v) is 11.3. The standard InChI is InChI=1S/C24H28BrNO2S/c1-23(2,3)29-22-19-12-18(28)10-11-20(19)26(21(22)13-24(4,5)15-27)14-16-6-8-17(25)9-7-16/h6-12,15,28H,13-14H2,1-5H3. The van der Waals surface area contributed by atoms with Crippen LogP contribution in [0.5, 0.6) is 5.75 Å². The van der Waals surface area contributed by atoms with Crippen molar-refractivity contribution in [1.82, 2.24) is 4.57 Å². The number of nitrogens with zero attached hydrogens (tertiary/aromatic N) is 1. The van der Waals surface area contributed by atoms with Crippen molar-refractivity contribution in [2.45, 2.75) is 57.2 Å². The summed E-state index contributed by atoms with van der Waals surface area (Å²) in [6.07, 6.45) is 1.68. The van der Waals surface area contributed by atoms with Gasteiger partial charge in [0.25, 0.3) is 0 Å². The molecule has 3 nitrogen and oxygen atoms in total. The number of rotatable bonds is 6. The summed E-state index contributed by atoms with van der Waals surface area (Å²) in [5.41, 5.74) is 2.94. The number of hydrogen-bond acceptors (Lipinski definition) is 3. The lowest BCUT2D eigenvalue weighted by Crippen LogP contribution is -2.20. The predicted octanol–water partition coefficient (Wildman–Crippen LogP) is 6.82. The van der Waals surface area contributed by atoms with E-state index in [4.69, 9.17) is 0 Å². The van der Waals surface area contributed by atoms with E-state index < -0.39 is 5.41 Å². The molecule has 0 aliphatic heterocycles. The second kappa shape index (κ2) is 8.19. The molecule has 0 unspecified atom stereocenters. The first-order chi connectivity index (χ1) is 13.5. The van der Waals surface area contributed by atoms with Gasteiger partial charge in [-0.3, -0.25) is 0 Å². The van der Waals surface area contributed by atoms with Crippen molar-refractivity contribution in [3.63, 3.8) is 0 Å². The number of aromatic nitrogens is 1. The molecule has 5 heteroatoms. The highest BCUT2D eigenvalue weighted by Crippen LogP contribution is 2.43. The Morgan fingerprint density at radius 3 is 2.31 bits per heavy atom. The van der Waals surface area contributed by atoms with Gasteiger partial charge in [-0.05, 0) is 35.9 Å². The second-order valence-electron chi connectivity index (χ2n) is 9.19. The Balaban J connectivity index is 2.25. The van der Waals surface area contributed by atoms with E-state index in [1.165, 1.54) is 5.56 Å². The van der Waals surface area contributed by atoms with E-state index in [1.807, 2.05) is 38.1 Å². The molecule has 0 aliphatic rings. The smallest absolute Gasteiger partial charge is 0.125 e. The minimum atomic E-state index is -0.471. The molecule has 0 saturated carbocycles. The van der Waals surface area contributed by atoms with Gasteiger partial charge in [0.05, 0.1) is 0 Å². The third-order valence-electron chi connectivity index (χ3n) is 4.71. The first kappa shape index (κ1) is 22.0. The zero-order chi connectivity index (χ0) is 21.4. The quantitative estimate of drug-likeness (QED) is 0.315. The predicted molar refractivity (Wildman–Crippen MR) is 126 cm³/mol. The topological polar surface area (TPSA) is 42.2 Å². The van der Waals surface area contributed by atoms with Crippen LogP contribution in [0.3, 0.4) is 0 Å². The van der Waals surface area contributed by atoms with Gasteiger partial charge < -0.3 is 14.5 Å². The minimum Gasteiger partial charge on any atom is -0.508 e. The van der Waals surface area contributed by atoms with Crippen molar-refractivity contribution < 1.29 is 9.90 Å². The second-order valence-corrected chi connectivity index (χ2v) is 11.9. The maximum Gasteiger partial charge on any atom is 0.125 e. The molecule has 2 aromatic carbocycles. The SMILES string of the molecule is CC(C)(C=O)Cc1c(SC(C)(C)C)c2cc(O)ccc2n1Cc1ccc(Br)cc1. The van der Waals surface area contributed by atoms with E-state index in [1.54, 1.807) is 17.8 Å². The number of phenols is 1. The van der Waals surface area contributed by atoms with Crippen LogP contribution in [0.25, 0.3) is 10.9 Å². The molecule has 0 saturated heterocycles. The summed E-state index contributed by atoms with van der Waals surface area (Å²) in [5.74, 6) is 0.259. The summed E-state index contributed by atoms with van der Waals surface area (Å²) in [4.78, 5) is 12.9. The molecule has 0 radical (unpaired) electrons. The van der Waals surface area contributed by atoms with Gasteiger partial charge in [-0.15, -0.1) is 11.8 Å². The fraction of sp³-hybridized carbons (Fsp3) is 0.375. The highest BCUT2D eigenvalue weighted by Gasteiger charge is 2.28. The number of thioether (sulfide) groups is 1. The Morgan fingerprint density at radius 1 is 1.07 bits per heavy atom. The van der Waals surface area contributed by atoms with E-state index in [2.05, 4.69) is 53.4 Å². The maximum atomic E-state index is 11.7. The van der Waals surface area contributed by atoms with Crippen molar-refractivity contribution in [3.05, 3.63) is 58.2 Å². The zero-order valence-electron chi connectivity index (χ0n) is 17.6. The van der Waals surface area contributed by atoms with E-state index in [9.17, 15) is 9.90 Å². The van der Waals surface area contributed by atoms with Crippen molar-refractivity contribution in [2.75, 3.05) is 0 Å². The number of aldehydes is 1. The Bertz CT molecular complexity index is 1030. The van der Waals surface area contributed by atoms with Gasteiger partial charge >= 0.3 is 0 Å². The average molecular weight is 474 g/mol. The minimum absolute atomic E-state index is 0.00224. The number of carbonyl (C=O) groups is 1. The van der Waals surface area contributed by atoms with E-state index in [-0.39, 0.29) is 10.5 Å². The molecule has 1 heterocycles. The number of hydrogen-bond donors (Lipinski definition) is 1. The van der Waals surface area contributed by atoms with Crippen LogP contribution in [0.2, 0.25) is 0 Å². The molecule has 0 fully saturated rings. The molecular weight excluding hydrogens is 446 g/mol. The van der Waals surface area contributed by atoms with Crippen molar-refractivity contribution in [2.24, 2.45) is 5.41 Å². The van der Waals surface area contributed by atoms with Crippen LogP contribution in [0.4, 0.5) is 0 Å². The summed E-state index contributed by atoms with van der Waals surface area (Å²) in [5, 5.41) is 11.2. The zero-order valence-corrected chi connectivity index (χ0v) is 20.0. The van der Waals surface area contributed by atoms with Gasteiger partial charge in [-0.25, -0.2) is 0 Å². The summed E-state index contributed by atoms with van der Waals surface area (Å²) in [6.45, 7) is 11.2. The lowest BCUT2D eigenvalue weighted by Gasteiger charge is -2.23. The van der Waals surface area contributed by atoms with Crippen LogP contribution in [0.15, 0.2) is 51.8 Å². The van der Waals surface area contributed by atoms with E-state index in [0.717, 1.165) is 32.3 Å². The molecular formula is C24H28BrNO2S. The monoisotopic (exact) mass is 473 g/mol. The van der Waals surface area contributed by atoms with Crippen molar-refractivity contribution in [1.29, 1.82) is 0 Å². The van der Waals surface area contributed by atoms with Crippen LogP contribution in [0, 0.1) is 5.41 Å². The number of fused-ring (bicyclic) bond motifs is 1. The van der Waals surface area contributed by atoms with Crippen LogP contribution in [-0.4, -0.2) is 20.7 Å². The van der Waals surface area contributed by atoms with Gasteiger partial charge in [0.15, 0.2) is 0 Å². The number of aromatic hydroxyl groups is 1. The van der Waals surface area contributed by atoms with E-state index >= 15 is 0 Å². The van der Waals surface area contributed by atoms with Crippen LogP contribution < -0.4 is 0 Å². The summed E-state index contributed by atoms with van der Waals surface area (Å²) in [7, 11) is 0. The van der Waals surface area contributed by atoms with E-state index in [0.29, 0.717) is 13.0 Å². The summed E-state index contributed by atoms with van der Waals surface area (Å²) in [6, 6.07) is 13.9. The number of carbonyl (C=O) groups excluding carboxylic acids is 1. The Morgan fingerprint density at radius 2 is 1.72 bits per heavy atom. The number of benzene rings is 2. The number of phenolic OH excluding ortho intramolecular Hbond substituents is 1. The molecule has 0 bridgehead atoms. The molecule has 29 heavy (non-hydrogen) atoms. The van der Waals surface area contributed by atoms with Gasteiger partial charge in [0, 0.05) is 49.1 Å². The summed E-state index contributed by atoms with van der Waals surface area (Å²) >= 11 is 5.30. The van der Waals surface area contributed by atoms with Gasteiger partial charge in [-0.1, -0.05) is 62.7 Å². The molecule has 0 atom stereocenters. The Kier molecular flexibility index (Phi) is 6.21. The first-order valence-electron chi connectivity index (χ1n) is 9.73. The third-order valence-corrected chi connectivity index (χ3v) is 6.51. The fourth-order valence-electron chi connectivity index (χ4n) is 3.39. The van der Waals surface area contributed by atoms with Crippen LogP contribution >= 0.6 is 27.7 Å². The third kappa shape index (κ3) is 5.26. The van der Waals surface area contributed by atoms with Crippen molar-refractivity contribution in [3.8, 4) is 5.75 Å². The molecule has 0 aliphatic carbocycles. The van der Waals surface area contributed by atoms with Gasteiger partial charge in [-0.2, -0.15) is 0 Å². The molecule has 154 valence electrons. The largest absolute Gasteiger partial charge is 0.508 e. The van der Waals surface area contributed by atoms with Gasteiger partial charge in [0.1, 0.15) is 12.0 Å². The maximum absolute atomic E-state index is 11.7. The van der Waals surface area contributed by atoms with Crippen LogP contribution in [-0.2, 0) is 17.8 Å². The Hall–Kier alpha value is -1.72. The molecule has 1 N–H and O–H groups in total. The Labute approximate surface area is 185 Å². The highest BCUT2D eigenvalue weighted by atomic mass is 79.9. The van der Waals surface area contributed by atoms with Gasteiger partial charge in [0.2, 0.25) is 0 Å². The fourth-order valence-corrected chi connectivity index (χ4v) is 4.84. The lowest BCUT2D eigenvalue weighted by atomic mass is 9.89. The molecule has 3 aromatic rings. The van der Waals surface area contributed by atoms with Crippen molar-refractivity contribution >= 4 is 44.9 Å². The lowest BCUT2D eigenvalue weighted by molar-refractivity contribution is -0.114. The molecule has 1 aromatic heterocycles. The average Bonchev–Trinajstić information content (AvgIpc) is 2.88. The van der Waals surface area contributed by atoms with Crippen LogP contribution in [0.1, 0.15) is 45.9 Å².